The Hall–Kier alpha value is -2.71. The number of aromatic nitrogens is 3. The van der Waals surface area contributed by atoms with Gasteiger partial charge in [-0.05, 0) is 30.3 Å². The molecule has 1 saturated heterocycles. The molecule has 4 rings (SSSR count). The number of benzene rings is 1. The van der Waals surface area contributed by atoms with Crippen molar-refractivity contribution in [3.63, 3.8) is 0 Å². The molecular weight excluding hydrogens is 346 g/mol. The van der Waals surface area contributed by atoms with E-state index in [0.29, 0.717) is 24.9 Å². The van der Waals surface area contributed by atoms with Crippen LogP contribution in [0.3, 0.4) is 0 Å². The van der Waals surface area contributed by atoms with Crippen LogP contribution in [0.15, 0.2) is 34.9 Å². The van der Waals surface area contributed by atoms with Crippen molar-refractivity contribution in [1.82, 2.24) is 20.0 Å². The third-order valence-corrected chi connectivity index (χ3v) is 4.72. The number of ether oxygens (including phenoxy) is 2. The maximum atomic E-state index is 5.28. The second-order valence-corrected chi connectivity index (χ2v) is 6.53. The molecule has 1 aliphatic heterocycles. The lowest BCUT2D eigenvalue weighted by atomic mass is 10.2. The highest BCUT2D eigenvalue weighted by molar-refractivity contribution is 5.81. The quantitative estimate of drug-likeness (QED) is 0.654. The number of anilines is 1. The maximum absolute atomic E-state index is 5.28. The predicted octanol–water partition coefficient (Wildman–Crippen LogP) is 2.10. The molecule has 2 aromatic heterocycles. The fraction of sp³-hybridized carbons (Fsp3) is 0.421. The van der Waals surface area contributed by atoms with E-state index in [-0.39, 0.29) is 0 Å². The third kappa shape index (κ3) is 4.01. The molecule has 3 aromatic rings. The molecule has 0 saturated carbocycles. The summed E-state index contributed by atoms with van der Waals surface area (Å²) in [5, 5.41) is 4.99. The monoisotopic (exact) mass is 369 g/mol. The van der Waals surface area contributed by atoms with Gasteiger partial charge in [0.25, 0.3) is 0 Å². The zero-order valence-electron chi connectivity index (χ0n) is 15.6. The first-order valence-electron chi connectivity index (χ1n) is 8.97. The number of piperazine rings is 1. The normalized spacial score (nSPS) is 15.4. The molecule has 1 aromatic carbocycles. The molecule has 0 radical (unpaired) electrons. The van der Waals surface area contributed by atoms with Crippen molar-refractivity contribution in [2.45, 2.75) is 13.2 Å². The van der Waals surface area contributed by atoms with Crippen molar-refractivity contribution >= 4 is 16.7 Å². The van der Waals surface area contributed by atoms with Gasteiger partial charge in [0.2, 0.25) is 5.89 Å². The smallest absolute Gasteiger partial charge is 0.240 e. The van der Waals surface area contributed by atoms with Crippen LogP contribution in [0, 0.1) is 0 Å². The highest BCUT2D eigenvalue weighted by atomic mass is 16.5. The van der Waals surface area contributed by atoms with Crippen LogP contribution in [0.2, 0.25) is 0 Å². The number of methoxy groups -OCH3 is 2. The van der Waals surface area contributed by atoms with Gasteiger partial charge in [0.15, 0.2) is 5.82 Å². The fourth-order valence-corrected chi connectivity index (χ4v) is 3.26. The molecule has 0 amide bonds. The predicted molar refractivity (Wildman–Crippen MR) is 101 cm³/mol. The molecule has 0 unspecified atom stereocenters. The van der Waals surface area contributed by atoms with Gasteiger partial charge in [0.1, 0.15) is 18.2 Å². The highest BCUT2D eigenvalue weighted by Gasteiger charge is 2.20. The Bertz CT molecular complexity index is 905. The second kappa shape index (κ2) is 7.89. The lowest BCUT2D eigenvalue weighted by Crippen LogP contribution is -2.46. The minimum absolute atomic E-state index is 0.372. The van der Waals surface area contributed by atoms with E-state index in [0.717, 1.165) is 48.6 Å². The molecule has 0 bridgehead atoms. The van der Waals surface area contributed by atoms with E-state index in [4.69, 9.17) is 19.0 Å². The van der Waals surface area contributed by atoms with Crippen molar-refractivity contribution in [1.29, 1.82) is 0 Å². The average molecular weight is 369 g/mol. The number of nitrogens with zero attached hydrogens (tertiary/aromatic N) is 5. The summed E-state index contributed by atoms with van der Waals surface area (Å²) in [6, 6.07) is 10.1. The molecule has 0 atom stereocenters. The summed E-state index contributed by atoms with van der Waals surface area (Å²) in [7, 11) is 3.29. The molecular formula is C19H23N5O3. The third-order valence-electron chi connectivity index (χ3n) is 4.72. The highest BCUT2D eigenvalue weighted by Crippen LogP contribution is 2.23. The topological polar surface area (TPSA) is 76.8 Å². The molecule has 8 heteroatoms. The van der Waals surface area contributed by atoms with Crippen LogP contribution in [0.25, 0.3) is 10.9 Å². The average Bonchev–Trinajstić information content (AvgIpc) is 3.15. The van der Waals surface area contributed by atoms with E-state index in [1.165, 1.54) is 0 Å². The summed E-state index contributed by atoms with van der Waals surface area (Å²) >= 11 is 0. The maximum Gasteiger partial charge on any atom is 0.240 e. The van der Waals surface area contributed by atoms with E-state index in [1.54, 1.807) is 14.2 Å². The molecule has 27 heavy (non-hydrogen) atoms. The Morgan fingerprint density at radius 3 is 2.67 bits per heavy atom. The zero-order valence-corrected chi connectivity index (χ0v) is 15.6. The van der Waals surface area contributed by atoms with Gasteiger partial charge in [-0.1, -0.05) is 5.16 Å². The van der Waals surface area contributed by atoms with Crippen LogP contribution in [0.5, 0.6) is 5.75 Å². The molecule has 3 heterocycles. The molecule has 8 nitrogen and oxygen atoms in total. The van der Waals surface area contributed by atoms with Gasteiger partial charge in [-0.15, -0.1) is 0 Å². The van der Waals surface area contributed by atoms with E-state index in [1.807, 2.05) is 18.2 Å². The minimum atomic E-state index is 0.372. The van der Waals surface area contributed by atoms with E-state index < -0.39 is 0 Å². The molecule has 1 fully saturated rings. The van der Waals surface area contributed by atoms with E-state index in [9.17, 15) is 0 Å². The number of rotatable bonds is 6. The van der Waals surface area contributed by atoms with Gasteiger partial charge in [-0.25, -0.2) is 4.98 Å². The van der Waals surface area contributed by atoms with Crippen LogP contribution in [0.4, 0.5) is 5.82 Å². The fourth-order valence-electron chi connectivity index (χ4n) is 3.26. The van der Waals surface area contributed by atoms with Crippen molar-refractivity contribution in [2.75, 3.05) is 45.3 Å². The summed E-state index contributed by atoms with van der Waals surface area (Å²) in [5.74, 6) is 3.07. The van der Waals surface area contributed by atoms with Gasteiger partial charge >= 0.3 is 0 Å². The Balaban J connectivity index is 1.37. The Labute approximate surface area is 157 Å². The summed E-state index contributed by atoms with van der Waals surface area (Å²) < 4.78 is 15.6. The lowest BCUT2D eigenvalue weighted by molar-refractivity contribution is 0.174. The number of fused-ring (bicyclic) bond motifs is 1. The molecule has 0 spiro atoms. The van der Waals surface area contributed by atoms with Crippen LogP contribution < -0.4 is 9.64 Å². The van der Waals surface area contributed by atoms with Crippen molar-refractivity contribution in [3.8, 4) is 5.75 Å². The van der Waals surface area contributed by atoms with Gasteiger partial charge in [-0.2, -0.15) is 4.98 Å². The van der Waals surface area contributed by atoms with Crippen LogP contribution in [-0.2, 0) is 17.9 Å². The standard InChI is InChI=1S/C19H23N5O3/c1-25-13-17-21-19(27-22-17)12-23-7-9-24(10-8-23)18-6-3-14-11-15(26-2)4-5-16(14)20-18/h3-6,11H,7-10,12-13H2,1-2H3. The lowest BCUT2D eigenvalue weighted by Gasteiger charge is -2.34. The molecule has 0 N–H and O–H groups in total. The number of pyridine rings is 1. The molecule has 1 aliphatic rings. The summed E-state index contributed by atoms with van der Waals surface area (Å²) in [5.41, 5.74) is 0.979. The van der Waals surface area contributed by atoms with E-state index in [2.05, 4.69) is 32.1 Å². The summed E-state index contributed by atoms with van der Waals surface area (Å²) in [6.45, 7) is 4.70. The van der Waals surface area contributed by atoms with Gasteiger partial charge in [0, 0.05) is 38.7 Å². The minimum Gasteiger partial charge on any atom is -0.497 e. The van der Waals surface area contributed by atoms with Crippen molar-refractivity contribution < 1.29 is 14.0 Å². The largest absolute Gasteiger partial charge is 0.497 e. The van der Waals surface area contributed by atoms with Crippen molar-refractivity contribution in [2.24, 2.45) is 0 Å². The SMILES string of the molecule is COCc1noc(CN2CCN(c3ccc4cc(OC)ccc4n3)CC2)n1. The van der Waals surface area contributed by atoms with Gasteiger partial charge in [0.05, 0.1) is 19.2 Å². The van der Waals surface area contributed by atoms with Crippen LogP contribution >= 0.6 is 0 Å². The molecule has 0 aliphatic carbocycles. The first kappa shape index (κ1) is 17.7. The Morgan fingerprint density at radius 2 is 1.89 bits per heavy atom. The van der Waals surface area contributed by atoms with Gasteiger partial charge < -0.3 is 18.9 Å². The molecule has 142 valence electrons. The summed E-state index contributed by atoms with van der Waals surface area (Å²) in [6.07, 6.45) is 0. The number of hydrogen-bond acceptors (Lipinski definition) is 8. The van der Waals surface area contributed by atoms with Crippen LogP contribution in [-0.4, -0.2) is 60.4 Å². The first-order valence-corrected chi connectivity index (χ1v) is 8.97. The van der Waals surface area contributed by atoms with Gasteiger partial charge in [-0.3, -0.25) is 4.90 Å². The summed E-state index contributed by atoms with van der Waals surface area (Å²) in [4.78, 5) is 13.8. The second-order valence-electron chi connectivity index (χ2n) is 6.53. The van der Waals surface area contributed by atoms with Crippen molar-refractivity contribution in [3.05, 3.63) is 42.0 Å². The number of hydrogen-bond donors (Lipinski definition) is 0. The van der Waals surface area contributed by atoms with Crippen LogP contribution in [0.1, 0.15) is 11.7 Å². The Morgan fingerprint density at radius 1 is 1.04 bits per heavy atom. The van der Waals surface area contributed by atoms with E-state index >= 15 is 0 Å². The zero-order chi connectivity index (χ0) is 18.6. The first-order chi connectivity index (χ1) is 13.2. The Kier molecular flexibility index (Phi) is 5.17.